The zero-order chi connectivity index (χ0) is 14.7. The molecule has 1 fully saturated rings. The Labute approximate surface area is 126 Å². The Balaban J connectivity index is 1.64. The molecule has 0 spiro atoms. The molecule has 0 aromatic heterocycles. The van der Waals surface area contributed by atoms with Gasteiger partial charge in [0.05, 0.1) is 12.6 Å². The molecule has 1 aliphatic carbocycles. The molecule has 1 saturated heterocycles. The number of carbonyl (C=O) groups excluding carboxylic acids is 1. The van der Waals surface area contributed by atoms with Crippen LogP contribution in [0.15, 0.2) is 18.2 Å². The van der Waals surface area contributed by atoms with Crippen LogP contribution in [0, 0.1) is 0 Å². The number of nitrogens with one attached hydrogen (secondary N) is 2. The molecular weight excluding hydrogens is 264 g/mol. The van der Waals surface area contributed by atoms with Crippen molar-refractivity contribution in [1.29, 1.82) is 0 Å². The highest BCUT2D eigenvalue weighted by Gasteiger charge is 2.23. The third kappa shape index (κ3) is 3.44. The maximum Gasteiger partial charge on any atom is 0.250 e. The lowest BCUT2D eigenvalue weighted by molar-refractivity contribution is -0.134. The van der Waals surface area contributed by atoms with Gasteiger partial charge in [0.15, 0.2) is 0 Å². The number of fused-ring (bicyclic) bond motifs is 1. The molecule has 1 aliphatic heterocycles. The van der Waals surface area contributed by atoms with Crippen LogP contribution in [0.2, 0.25) is 0 Å². The van der Waals surface area contributed by atoms with Gasteiger partial charge in [-0.15, -0.1) is 0 Å². The Morgan fingerprint density at radius 2 is 2.14 bits per heavy atom. The highest BCUT2D eigenvalue weighted by Crippen LogP contribution is 2.24. The lowest BCUT2D eigenvalue weighted by Gasteiger charge is -2.25. The van der Waals surface area contributed by atoms with E-state index in [2.05, 4.69) is 28.8 Å². The van der Waals surface area contributed by atoms with Gasteiger partial charge in [-0.3, -0.25) is 4.79 Å². The molecule has 2 aliphatic rings. The van der Waals surface area contributed by atoms with Crippen LogP contribution in [-0.4, -0.2) is 31.7 Å². The van der Waals surface area contributed by atoms with Crippen molar-refractivity contribution in [2.75, 3.05) is 19.7 Å². The van der Waals surface area contributed by atoms with Crippen molar-refractivity contribution in [2.45, 2.75) is 44.8 Å². The number of rotatable bonds is 3. The van der Waals surface area contributed by atoms with E-state index < -0.39 is 0 Å². The van der Waals surface area contributed by atoms with Gasteiger partial charge in [0.1, 0.15) is 6.10 Å². The minimum Gasteiger partial charge on any atom is -0.366 e. The van der Waals surface area contributed by atoms with Crippen LogP contribution in [-0.2, 0) is 22.4 Å². The highest BCUT2D eigenvalue weighted by molar-refractivity contribution is 5.81. The first-order chi connectivity index (χ1) is 10.2. The number of morpholine rings is 1. The van der Waals surface area contributed by atoms with Gasteiger partial charge >= 0.3 is 0 Å². The SMILES string of the molecule is CC(NC(=O)C1CNCCO1)c1ccc2c(c1)CCCC2. The second-order valence-corrected chi connectivity index (χ2v) is 6.03. The molecule has 0 radical (unpaired) electrons. The van der Waals surface area contributed by atoms with E-state index >= 15 is 0 Å². The van der Waals surface area contributed by atoms with Crippen LogP contribution < -0.4 is 10.6 Å². The smallest absolute Gasteiger partial charge is 0.250 e. The van der Waals surface area contributed by atoms with Crippen molar-refractivity contribution in [3.63, 3.8) is 0 Å². The van der Waals surface area contributed by atoms with Crippen molar-refractivity contribution >= 4 is 5.91 Å². The van der Waals surface area contributed by atoms with Crippen LogP contribution in [0.5, 0.6) is 0 Å². The molecule has 21 heavy (non-hydrogen) atoms. The number of ether oxygens (including phenoxy) is 1. The van der Waals surface area contributed by atoms with E-state index in [9.17, 15) is 4.79 Å². The molecular formula is C17H24N2O2. The predicted molar refractivity (Wildman–Crippen MR) is 82.3 cm³/mol. The molecule has 0 saturated carbocycles. The van der Waals surface area contributed by atoms with E-state index in [-0.39, 0.29) is 18.1 Å². The normalized spacial score (nSPS) is 23.2. The average molecular weight is 288 g/mol. The molecule has 1 aromatic rings. The summed E-state index contributed by atoms with van der Waals surface area (Å²) >= 11 is 0. The van der Waals surface area contributed by atoms with Crippen LogP contribution in [0.1, 0.15) is 42.5 Å². The molecule has 1 aromatic carbocycles. The summed E-state index contributed by atoms with van der Waals surface area (Å²) in [7, 11) is 0. The fourth-order valence-corrected chi connectivity index (χ4v) is 3.15. The van der Waals surface area contributed by atoms with E-state index in [0.29, 0.717) is 13.2 Å². The van der Waals surface area contributed by atoms with Crippen LogP contribution >= 0.6 is 0 Å². The number of carbonyl (C=O) groups is 1. The van der Waals surface area contributed by atoms with Crippen LogP contribution in [0.4, 0.5) is 0 Å². The van der Waals surface area contributed by atoms with E-state index in [0.717, 1.165) is 6.54 Å². The van der Waals surface area contributed by atoms with Crippen molar-refractivity contribution in [1.82, 2.24) is 10.6 Å². The standard InChI is InChI=1S/C17H24N2O2/c1-12(19-17(20)16-11-18-8-9-21-16)14-7-6-13-4-2-3-5-15(13)10-14/h6-7,10,12,16,18H,2-5,8-9,11H2,1H3,(H,19,20). The van der Waals surface area contributed by atoms with Crippen molar-refractivity contribution in [3.8, 4) is 0 Å². The topological polar surface area (TPSA) is 50.4 Å². The first kappa shape index (κ1) is 14.5. The Morgan fingerprint density at radius 3 is 2.90 bits per heavy atom. The third-order valence-electron chi connectivity index (χ3n) is 4.45. The largest absolute Gasteiger partial charge is 0.366 e. The van der Waals surface area contributed by atoms with Crippen molar-refractivity contribution < 1.29 is 9.53 Å². The summed E-state index contributed by atoms with van der Waals surface area (Å²) in [5.41, 5.74) is 4.12. The van der Waals surface area contributed by atoms with Gasteiger partial charge < -0.3 is 15.4 Å². The number of aryl methyl sites for hydroxylation is 2. The fourth-order valence-electron chi connectivity index (χ4n) is 3.15. The van der Waals surface area contributed by atoms with Gasteiger partial charge in [0.2, 0.25) is 0 Å². The van der Waals surface area contributed by atoms with Crippen molar-refractivity contribution in [3.05, 3.63) is 34.9 Å². The first-order valence-corrected chi connectivity index (χ1v) is 7.98. The summed E-state index contributed by atoms with van der Waals surface area (Å²) < 4.78 is 5.49. The second kappa shape index (κ2) is 6.58. The van der Waals surface area contributed by atoms with Crippen LogP contribution in [0.3, 0.4) is 0 Å². The fraction of sp³-hybridized carbons (Fsp3) is 0.588. The molecule has 3 rings (SSSR count). The second-order valence-electron chi connectivity index (χ2n) is 6.03. The molecule has 4 heteroatoms. The minimum atomic E-state index is -0.362. The monoisotopic (exact) mass is 288 g/mol. The Kier molecular flexibility index (Phi) is 4.56. The molecule has 4 nitrogen and oxygen atoms in total. The zero-order valence-electron chi connectivity index (χ0n) is 12.7. The molecule has 2 atom stereocenters. The Morgan fingerprint density at radius 1 is 1.33 bits per heavy atom. The summed E-state index contributed by atoms with van der Waals surface area (Å²) in [4.78, 5) is 12.2. The summed E-state index contributed by atoms with van der Waals surface area (Å²) in [6, 6.07) is 6.66. The van der Waals surface area contributed by atoms with Gasteiger partial charge in [-0.2, -0.15) is 0 Å². The van der Waals surface area contributed by atoms with Gasteiger partial charge in [0.25, 0.3) is 5.91 Å². The van der Waals surface area contributed by atoms with Gasteiger partial charge in [-0.05, 0) is 49.3 Å². The van der Waals surface area contributed by atoms with E-state index in [1.807, 2.05) is 6.92 Å². The molecule has 2 N–H and O–H groups in total. The maximum atomic E-state index is 12.2. The Hall–Kier alpha value is -1.39. The summed E-state index contributed by atoms with van der Waals surface area (Å²) in [5, 5.41) is 6.25. The summed E-state index contributed by atoms with van der Waals surface area (Å²) in [6.45, 7) is 4.07. The lowest BCUT2D eigenvalue weighted by atomic mass is 9.89. The van der Waals surface area contributed by atoms with Gasteiger partial charge in [0, 0.05) is 13.1 Å². The molecule has 1 heterocycles. The van der Waals surface area contributed by atoms with Crippen LogP contribution in [0.25, 0.3) is 0 Å². The van der Waals surface area contributed by atoms with E-state index in [1.165, 1.54) is 42.4 Å². The molecule has 114 valence electrons. The first-order valence-electron chi connectivity index (χ1n) is 7.98. The predicted octanol–water partition coefficient (Wildman–Crippen LogP) is 1.73. The number of hydrogen-bond acceptors (Lipinski definition) is 3. The van der Waals surface area contributed by atoms with Crippen molar-refractivity contribution in [2.24, 2.45) is 0 Å². The lowest BCUT2D eigenvalue weighted by Crippen LogP contribution is -2.48. The highest BCUT2D eigenvalue weighted by atomic mass is 16.5. The quantitative estimate of drug-likeness (QED) is 0.890. The maximum absolute atomic E-state index is 12.2. The van der Waals surface area contributed by atoms with E-state index in [1.54, 1.807) is 0 Å². The zero-order valence-corrected chi connectivity index (χ0v) is 12.7. The Bertz CT molecular complexity index is 510. The van der Waals surface area contributed by atoms with Gasteiger partial charge in [-0.25, -0.2) is 0 Å². The average Bonchev–Trinajstić information content (AvgIpc) is 2.55. The number of benzene rings is 1. The minimum absolute atomic E-state index is 0.0209. The number of amides is 1. The van der Waals surface area contributed by atoms with Gasteiger partial charge in [-0.1, -0.05) is 18.2 Å². The van der Waals surface area contributed by atoms with E-state index in [4.69, 9.17) is 4.74 Å². The molecule has 1 amide bonds. The summed E-state index contributed by atoms with van der Waals surface area (Å²) in [6.07, 6.45) is 4.57. The number of hydrogen-bond donors (Lipinski definition) is 2. The summed E-state index contributed by atoms with van der Waals surface area (Å²) in [5.74, 6) is -0.0209. The third-order valence-corrected chi connectivity index (χ3v) is 4.45. The molecule has 0 bridgehead atoms. The molecule has 2 unspecified atom stereocenters.